The molecule has 0 heterocycles. The molecule has 0 aromatic heterocycles. The molecule has 0 spiro atoms. The van der Waals surface area contributed by atoms with Crippen LogP contribution in [-0.2, 0) is 9.53 Å². The molecule has 0 saturated heterocycles. The van der Waals surface area contributed by atoms with E-state index in [2.05, 4.69) is 0 Å². The molecule has 3 nitrogen and oxygen atoms in total. The Morgan fingerprint density at radius 2 is 2.40 bits per heavy atom. The highest BCUT2D eigenvalue weighted by atomic mass is 16.6. The van der Waals surface area contributed by atoms with Crippen molar-refractivity contribution in [2.75, 3.05) is 6.61 Å². The maximum absolute atomic E-state index is 10.5. The molecule has 0 bridgehead atoms. The molecule has 0 aromatic rings. The van der Waals surface area contributed by atoms with E-state index in [1.807, 2.05) is 13.8 Å². The van der Waals surface area contributed by atoms with Crippen LogP contribution in [0.3, 0.4) is 0 Å². The first-order valence-electron chi connectivity index (χ1n) is 3.41. The van der Waals surface area contributed by atoms with E-state index < -0.39 is 12.6 Å². The van der Waals surface area contributed by atoms with Crippen LogP contribution in [0, 0.1) is 5.92 Å². The van der Waals surface area contributed by atoms with Crippen molar-refractivity contribution in [2.24, 2.45) is 5.92 Å². The smallest absolute Gasteiger partial charge is 0.332 e. The van der Waals surface area contributed by atoms with E-state index in [9.17, 15) is 4.79 Å². The summed E-state index contributed by atoms with van der Waals surface area (Å²) >= 11 is 0. The lowest BCUT2D eigenvalue weighted by Gasteiger charge is -2.09. The summed E-state index contributed by atoms with van der Waals surface area (Å²) in [5, 5.41) is 8.34. The van der Waals surface area contributed by atoms with Crippen LogP contribution in [0.1, 0.15) is 20.3 Å². The van der Waals surface area contributed by atoms with E-state index in [-0.39, 0.29) is 5.60 Å². The number of ether oxygens (including phenoxy) is 1. The van der Waals surface area contributed by atoms with Crippen LogP contribution < -0.4 is 0 Å². The van der Waals surface area contributed by atoms with Crippen molar-refractivity contribution in [3.05, 3.63) is 0 Å². The second-order valence-electron chi connectivity index (χ2n) is 3.05. The summed E-state index contributed by atoms with van der Waals surface area (Å²) in [6.45, 7) is 3.39. The molecule has 2 atom stereocenters. The Hall–Kier alpha value is -0.570. The quantitative estimate of drug-likeness (QED) is 0.568. The van der Waals surface area contributed by atoms with Gasteiger partial charge < -0.3 is 9.84 Å². The topological polar surface area (TPSA) is 46.5 Å². The largest absolute Gasteiger partial charge is 0.457 e. The zero-order chi connectivity index (χ0) is 7.78. The first kappa shape index (κ1) is 7.54. The minimum absolute atomic E-state index is 0.278. The molecule has 0 aromatic carbocycles. The predicted molar refractivity (Wildman–Crippen MR) is 35.4 cm³/mol. The van der Waals surface area contributed by atoms with Gasteiger partial charge in [0.1, 0.15) is 12.2 Å². The SMILES string of the molecule is CC1CC1(C)OC(=O)CO. The van der Waals surface area contributed by atoms with Crippen LogP contribution in [0.15, 0.2) is 0 Å². The summed E-state index contributed by atoms with van der Waals surface area (Å²) in [5.41, 5.74) is -0.278. The second kappa shape index (κ2) is 2.23. The summed E-state index contributed by atoms with van der Waals surface area (Å²) < 4.78 is 4.92. The Kier molecular flexibility index (Phi) is 1.68. The number of carbonyl (C=O) groups excluding carboxylic acids is 1. The van der Waals surface area contributed by atoms with E-state index in [0.717, 1.165) is 6.42 Å². The first-order chi connectivity index (χ1) is 4.58. The number of hydrogen-bond acceptors (Lipinski definition) is 3. The number of aliphatic hydroxyl groups excluding tert-OH is 1. The van der Waals surface area contributed by atoms with Crippen LogP contribution in [0.2, 0.25) is 0 Å². The van der Waals surface area contributed by atoms with Gasteiger partial charge in [0.05, 0.1) is 0 Å². The van der Waals surface area contributed by atoms with E-state index in [1.165, 1.54) is 0 Å². The van der Waals surface area contributed by atoms with Crippen molar-refractivity contribution in [3.8, 4) is 0 Å². The molecule has 58 valence electrons. The minimum atomic E-state index is -0.521. The van der Waals surface area contributed by atoms with Crippen molar-refractivity contribution in [1.29, 1.82) is 0 Å². The fourth-order valence-electron chi connectivity index (χ4n) is 0.984. The molecule has 1 aliphatic rings. The molecule has 3 heteroatoms. The van der Waals surface area contributed by atoms with Gasteiger partial charge in [0.2, 0.25) is 0 Å². The van der Waals surface area contributed by atoms with Crippen LogP contribution >= 0.6 is 0 Å². The highest BCUT2D eigenvalue weighted by molar-refractivity contribution is 5.71. The van der Waals surface area contributed by atoms with Gasteiger partial charge in [-0.3, -0.25) is 0 Å². The number of esters is 1. The molecule has 0 amide bonds. The third kappa shape index (κ3) is 1.29. The van der Waals surface area contributed by atoms with Crippen LogP contribution in [-0.4, -0.2) is 23.3 Å². The molecule has 1 aliphatic carbocycles. The molecule has 1 saturated carbocycles. The standard InChI is InChI=1S/C7H12O3/c1-5-3-7(5,2)10-6(9)4-8/h5,8H,3-4H2,1-2H3. The summed E-state index contributed by atoms with van der Waals surface area (Å²) in [6, 6.07) is 0. The molecule has 0 aliphatic heterocycles. The van der Waals surface area contributed by atoms with E-state index in [0.29, 0.717) is 5.92 Å². The number of rotatable bonds is 2. The zero-order valence-electron chi connectivity index (χ0n) is 6.26. The van der Waals surface area contributed by atoms with Gasteiger partial charge in [-0.2, -0.15) is 0 Å². The normalized spacial score (nSPS) is 37.3. The minimum Gasteiger partial charge on any atom is -0.457 e. The van der Waals surface area contributed by atoms with Gasteiger partial charge in [0, 0.05) is 0 Å². The van der Waals surface area contributed by atoms with E-state index in [1.54, 1.807) is 0 Å². The molecule has 10 heavy (non-hydrogen) atoms. The highest BCUT2D eigenvalue weighted by Crippen LogP contribution is 2.45. The summed E-state index contributed by atoms with van der Waals surface area (Å²) in [6.07, 6.45) is 0.915. The van der Waals surface area contributed by atoms with E-state index in [4.69, 9.17) is 9.84 Å². The Bertz CT molecular complexity index is 155. The van der Waals surface area contributed by atoms with Gasteiger partial charge in [-0.25, -0.2) is 4.79 Å². The molecule has 1 fully saturated rings. The number of hydrogen-bond donors (Lipinski definition) is 1. The monoisotopic (exact) mass is 144 g/mol. The van der Waals surface area contributed by atoms with Crippen LogP contribution in [0.4, 0.5) is 0 Å². The average Bonchev–Trinajstić information content (AvgIpc) is 2.40. The van der Waals surface area contributed by atoms with Gasteiger partial charge >= 0.3 is 5.97 Å². The third-order valence-corrected chi connectivity index (χ3v) is 2.07. The van der Waals surface area contributed by atoms with Crippen LogP contribution in [0.25, 0.3) is 0 Å². The van der Waals surface area contributed by atoms with Gasteiger partial charge in [-0.05, 0) is 19.3 Å². The predicted octanol–water partition coefficient (Wildman–Crippen LogP) is 0.320. The fraction of sp³-hybridized carbons (Fsp3) is 0.857. The summed E-state index contributed by atoms with van der Waals surface area (Å²) in [7, 11) is 0. The molecule has 0 radical (unpaired) electrons. The summed E-state index contributed by atoms with van der Waals surface area (Å²) in [5.74, 6) is -0.0742. The lowest BCUT2D eigenvalue weighted by atomic mass is 10.3. The van der Waals surface area contributed by atoms with Gasteiger partial charge in [-0.15, -0.1) is 0 Å². The van der Waals surface area contributed by atoms with E-state index >= 15 is 0 Å². The van der Waals surface area contributed by atoms with Crippen molar-refractivity contribution in [1.82, 2.24) is 0 Å². The molecular formula is C7H12O3. The van der Waals surface area contributed by atoms with Gasteiger partial charge in [0.15, 0.2) is 0 Å². The lowest BCUT2D eigenvalue weighted by molar-refractivity contribution is -0.154. The Labute approximate surface area is 60.0 Å². The first-order valence-corrected chi connectivity index (χ1v) is 3.41. The third-order valence-electron chi connectivity index (χ3n) is 2.07. The Balaban J connectivity index is 2.33. The van der Waals surface area contributed by atoms with Crippen molar-refractivity contribution in [3.63, 3.8) is 0 Å². The lowest BCUT2D eigenvalue weighted by Crippen LogP contribution is -2.20. The highest BCUT2D eigenvalue weighted by Gasteiger charge is 2.50. The average molecular weight is 144 g/mol. The Morgan fingerprint density at radius 3 is 2.70 bits per heavy atom. The maximum Gasteiger partial charge on any atom is 0.332 e. The summed E-state index contributed by atoms with van der Waals surface area (Å²) in [4.78, 5) is 10.5. The number of aliphatic hydroxyl groups is 1. The van der Waals surface area contributed by atoms with Crippen LogP contribution in [0.5, 0.6) is 0 Å². The van der Waals surface area contributed by atoms with Gasteiger partial charge in [-0.1, -0.05) is 6.92 Å². The molecule has 2 unspecified atom stereocenters. The van der Waals surface area contributed by atoms with Gasteiger partial charge in [0.25, 0.3) is 0 Å². The number of carbonyl (C=O) groups is 1. The zero-order valence-corrected chi connectivity index (χ0v) is 6.26. The molecule has 1 N–H and O–H groups in total. The second-order valence-corrected chi connectivity index (χ2v) is 3.05. The van der Waals surface area contributed by atoms with Crippen molar-refractivity contribution >= 4 is 5.97 Å². The Morgan fingerprint density at radius 1 is 1.90 bits per heavy atom. The van der Waals surface area contributed by atoms with Crippen molar-refractivity contribution < 1.29 is 14.6 Å². The molecular weight excluding hydrogens is 132 g/mol. The fourth-order valence-corrected chi connectivity index (χ4v) is 0.984. The maximum atomic E-state index is 10.5. The van der Waals surface area contributed by atoms with Crippen molar-refractivity contribution in [2.45, 2.75) is 25.9 Å². The molecule has 1 rings (SSSR count).